The van der Waals surface area contributed by atoms with E-state index in [-0.39, 0.29) is 11.5 Å². The van der Waals surface area contributed by atoms with Crippen molar-refractivity contribution in [2.75, 3.05) is 5.32 Å². The second-order valence-corrected chi connectivity index (χ2v) is 6.44. The lowest BCUT2D eigenvalue weighted by Crippen LogP contribution is -2.15. The Morgan fingerprint density at radius 2 is 1.81 bits per heavy atom. The van der Waals surface area contributed by atoms with Gasteiger partial charge in [-0.2, -0.15) is 13.2 Å². The Morgan fingerprint density at radius 3 is 2.56 bits per heavy atom. The molecule has 0 unspecified atom stereocenters. The first-order valence-corrected chi connectivity index (χ1v) is 8.35. The number of carbonyl (C=O) groups is 1. The van der Waals surface area contributed by atoms with Crippen LogP contribution in [-0.2, 0) is 11.0 Å². The molecule has 1 amide bonds. The third kappa shape index (κ3) is 3.55. The number of amides is 1. The maximum atomic E-state index is 13.2. The summed E-state index contributed by atoms with van der Waals surface area (Å²) in [6, 6.07) is 12.5. The van der Waals surface area contributed by atoms with Crippen molar-refractivity contribution in [2.24, 2.45) is 5.92 Å². The number of alkyl halides is 3. The molecule has 1 saturated carbocycles. The van der Waals surface area contributed by atoms with E-state index in [0.717, 1.165) is 11.8 Å². The molecule has 0 saturated heterocycles. The summed E-state index contributed by atoms with van der Waals surface area (Å²) < 4.78 is 41.2. The van der Waals surface area contributed by atoms with Gasteiger partial charge in [-0.15, -0.1) is 10.2 Å². The first kappa shape index (κ1) is 17.3. The highest BCUT2D eigenvalue weighted by molar-refractivity contribution is 5.95. The van der Waals surface area contributed by atoms with Gasteiger partial charge in [-0.05, 0) is 42.2 Å². The van der Waals surface area contributed by atoms with E-state index in [9.17, 15) is 18.0 Å². The summed E-state index contributed by atoms with van der Waals surface area (Å²) in [5.41, 5.74) is 0.858. The van der Waals surface area contributed by atoms with Gasteiger partial charge < -0.3 is 5.32 Å². The molecule has 1 aliphatic carbocycles. The number of hydrogen-bond donors (Lipinski definition) is 1. The zero-order valence-corrected chi connectivity index (χ0v) is 14.0. The van der Waals surface area contributed by atoms with Crippen LogP contribution in [0.4, 0.5) is 18.9 Å². The molecule has 138 valence electrons. The molecular weight excluding hydrogens is 357 g/mol. The summed E-state index contributed by atoms with van der Waals surface area (Å²) in [6.07, 6.45) is -0.949. The van der Waals surface area contributed by atoms with E-state index in [1.807, 2.05) is 6.07 Å². The molecule has 1 N–H and O–H groups in total. The van der Waals surface area contributed by atoms with Crippen LogP contribution in [0.1, 0.15) is 23.5 Å². The van der Waals surface area contributed by atoms with Gasteiger partial charge in [-0.25, -0.2) is 0 Å². The molecule has 1 aliphatic rings. The van der Waals surface area contributed by atoms with Crippen LogP contribution in [0, 0.1) is 5.92 Å². The maximum Gasteiger partial charge on any atom is 0.416 e. The molecule has 1 fully saturated rings. The van der Waals surface area contributed by atoms with Crippen molar-refractivity contribution in [3.05, 3.63) is 72.3 Å². The summed E-state index contributed by atoms with van der Waals surface area (Å²) in [4.78, 5) is 12.5. The Balaban J connectivity index is 1.48. The lowest BCUT2D eigenvalue weighted by molar-refractivity contribution is -0.138. The molecule has 2 atom stereocenters. The number of benzene rings is 2. The molecule has 1 aromatic heterocycles. The fraction of sp³-hybridized carbons (Fsp3) is 0.211. The van der Waals surface area contributed by atoms with Crippen LogP contribution in [0.3, 0.4) is 0 Å². The predicted octanol–water partition coefficient (Wildman–Crippen LogP) is 4.03. The third-order valence-corrected chi connectivity index (χ3v) is 4.62. The van der Waals surface area contributed by atoms with Gasteiger partial charge in [0.15, 0.2) is 0 Å². The van der Waals surface area contributed by atoms with Crippen molar-refractivity contribution in [2.45, 2.75) is 18.5 Å². The minimum Gasteiger partial charge on any atom is -0.326 e. The molecule has 3 aromatic rings. The van der Waals surface area contributed by atoms with Crippen LogP contribution in [0.5, 0.6) is 0 Å². The highest BCUT2D eigenvalue weighted by atomic mass is 19.4. The van der Waals surface area contributed by atoms with Crippen molar-refractivity contribution in [3.63, 3.8) is 0 Å². The lowest BCUT2D eigenvalue weighted by atomic mass is 10.0. The second kappa shape index (κ2) is 6.53. The van der Waals surface area contributed by atoms with Gasteiger partial charge in [-0.1, -0.05) is 24.3 Å². The van der Waals surface area contributed by atoms with Crippen molar-refractivity contribution < 1.29 is 18.0 Å². The SMILES string of the molecule is O=C(Nc1cccc(-n2cnnc2)c1)[C@@H]1C[C@H]1c1ccccc1C(F)(F)F. The summed E-state index contributed by atoms with van der Waals surface area (Å²) >= 11 is 0. The summed E-state index contributed by atoms with van der Waals surface area (Å²) in [5, 5.41) is 10.3. The van der Waals surface area contributed by atoms with Crippen molar-refractivity contribution in [1.29, 1.82) is 0 Å². The molecule has 2 aromatic carbocycles. The van der Waals surface area contributed by atoms with Crippen LogP contribution < -0.4 is 5.32 Å². The summed E-state index contributed by atoms with van der Waals surface area (Å²) in [7, 11) is 0. The Bertz CT molecular complexity index is 969. The zero-order valence-electron chi connectivity index (χ0n) is 14.0. The number of nitrogens with one attached hydrogen (secondary N) is 1. The number of aromatic nitrogens is 3. The average molecular weight is 372 g/mol. The monoisotopic (exact) mass is 372 g/mol. The molecule has 27 heavy (non-hydrogen) atoms. The predicted molar refractivity (Wildman–Crippen MR) is 92.3 cm³/mol. The van der Waals surface area contributed by atoms with E-state index in [4.69, 9.17) is 0 Å². The standard InChI is InChI=1S/C19H15F3N4O/c20-19(21,22)17-7-2-1-6-14(17)15-9-16(15)18(27)25-12-4-3-5-13(8-12)26-10-23-24-11-26/h1-8,10-11,15-16H,9H2,(H,25,27)/t15-,16+/m0/s1. The maximum absolute atomic E-state index is 13.2. The van der Waals surface area contributed by atoms with Gasteiger partial charge >= 0.3 is 6.18 Å². The van der Waals surface area contributed by atoms with E-state index >= 15 is 0 Å². The molecule has 0 bridgehead atoms. The summed E-state index contributed by atoms with van der Waals surface area (Å²) in [5.74, 6) is -1.16. The van der Waals surface area contributed by atoms with Gasteiger partial charge in [0.05, 0.1) is 11.3 Å². The Morgan fingerprint density at radius 1 is 1.07 bits per heavy atom. The average Bonchev–Trinajstić information content (AvgIpc) is 3.26. The van der Waals surface area contributed by atoms with Crippen LogP contribution in [0.2, 0.25) is 0 Å². The van der Waals surface area contributed by atoms with Gasteiger partial charge in [0, 0.05) is 11.6 Å². The van der Waals surface area contributed by atoms with E-state index in [1.54, 1.807) is 28.8 Å². The van der Waals surface area contributed by atoms with E-state index in [0.29, 0.717) is 12.1 Å². The van der Waals surface area contributed by atoms with Crippen molar-refractivity contribution >= 4 is 11.6 Å². The fourth-order valence-corrected chi connectivity index (χ4v) is 3.22. The number of hydrogen-bond acceptors (Lipinski definition) is 3. The number of halogens is 3. The Labute approximate surface area is 152 Å². The zero-order chi connectivity index (χ0) is 19.0. The van der Waals surface area contributed by atoms with Crippen LogP contribution in [0.15, 0.2) is 61.2 Å². The van der Waals surface area contributed by atoms with Crippen molar-refractivity contribution in [1.82, 2.24) is 14.8 Å². The lowest BCUT2D eigenvalue weighted by Gasteiger charge is -2.12. The number of rotatable bonds is 4. The quantitative estimate of drug-likeness (QED) is 0.752. The topological polar surface area (TPSA) is 59.8 Å². The second-order valence-electron chi connectivity index (χ2n) is 6.44. The molecule has 1 heterocycles. The first-order valence-electron chi connectivity index (χ1n) is 8.35. The highest BCUT2D eigenvalue weighted by Crippen LogP contribution is 2.51. The van der Waals surface area contributed by atoms with Crippen molar-refractivity contribution in [3.8, 4) is 5.69 Å². The Hall–Kier alpha value is -3.16. The smallest absolute Gasteiger partial charge is 0.326 e. The molecule has 8 heteroatoms. The highest BCUT2D eigenvalue weighted by Gasteiger charge is 2.47. The van der Waals surface area contributed by atoms with Gasteiger partial charge in [0.2, 0.25) is 5.91 Å². The Kier molecular flexibility index (Phi) is 4.18. The third-order valence-electron chi connectivity index (χ3n) is 4.62. The number of carbonyl (C=O) groups excluding carboxylic acids is 1. The molecule has 5 nitrogen and oxygen atoms in total. The van der Waals surface area contributed by atoms with E-state index < -0.39 is 23.6 Å². The van der Waals surface area contributed by atoms with Crippen LogP contribution in [-0.4, -0.2) is 20.7 Å². The molecule has 4 rings (SSSR count). The number of anilines is 1. The first-order chi connectivity index (χ1) is 12.9. The van der Waals surface area contributed by atoms with Crippen LogP contribution >= 0.6 is 0 Å². The van der Waals surface area contributed by atoms with Gasteiger partial charge in [0.1, 0.15) is 12.7 Å². The minimum atomic E-state index is -4.42. The van der Waals surface area contributed by atoms with E-state index in [2.05, 4.69) is 15.5 Å². The largest absolute Gasteiger partial charge is 0.416 e. The fourth-order valence-electron chi connectivity index (χ4n) is 3.22. The molecule has 0 spiro atoms. The van der Waals surface area contributed by atoms with Gasteiger partial charge in [-0.3, -0.25) is 9.36 Å². The molecular formula is C19H15F3N4O. The van der Waals surface area contributed by atoms with Crippen LogP contribution in [0.25, 0.3) is 5.69 Å². The molecule has 0 aliphatic heterocycles. The normalized spacial score (nSPS) is 18.9. The minimum absolute atomic E-state index is 0.184. The molecule has 0 radical (unpaired) electrons. The summed E-state index contributed by atoms with van der Waals surface area (Å²) in [6.45, 7) is 0. The van der Waals surface area contributed by atoms with Gasteiger partial charge in [0.25, 0.3) is 0 Å². The number of nitrogens with zero attached hydrogens (tertiary/aromatic N) is 3. The van der Waals surface area contributed by atoms with E-state index in [1.165, 1.54) is 24.8 Å².